The summed E-state index contributed by atoms with van der Waals surface area (Å²) in [5.41, 5.74) is 1.37. The third kappa shape index (κ3) is 4.27. The van der Waals surface area contributed by atoms with Crippen LogP contribution in [0.3, 0.4) is 0 Å². The van der Waals surface area contributed by atoms with Gasteiger partial charge in [0.2, 0.25) is 0 Å². The van der Waals surface area contributed by atoms with Crippen LogP contribution < -0.4 is 5.32 Å². The van der Waals surface area contributed by atoms with Crippen LogP contribution in [0.15, 0.2) is 24.5 Å². The molecule has 0 spiro atoms. The Kier molecular flexibility index (Phi) is 5.95. The Balaban J connectivity index is 2.05. The summed E-state index contributed by atoms with van der Waals surface area (Å²) in [5.74, 6) is 0. The molecule has 1 aliphatic rings. The Morgan fingerprint density at radius 1 is 1.30 bits per heavy atom. The maximum absolute atomic E-state index is 4.12. The smallest absolute Gasteiger partial charge is 0.0377 e. The van der Waals surface area contributed by atoms with E-state index in [1.54, 1.807) is 0 Å². The number of hydrogen-bond donors (Lipinski definition) is 1. The minimum atomic E-state index is 0.505. The lowest BCUT2D eigenvalue weighted by Crippen LogP contribution is -2.59. The highest BCUT2D eigenvalue weighted by atomic mass is 15.3. The molecule has 20 heavy (non-hydrogen) atoms. The molecule has 0 radical (unpaired) electrons. The van der Waals surface area contributed by atoms with Gasteiger partial charge in [-0.3, -0.25) is 9.88 Å². The van der Waals surface area contributed by atoms with E-state index in [0.717, 1.165) is 26.1 Å². The molecule has 0 saturated carbocycles. The molecule has 112 valence electrons. The first kappa shape index (κ1) is 15.4. The fourth-order valence-electron chi connectivity index (χ4n) is 2.93. The summed E-state index contributed by atoms with van der Waals surface area (Å²) >= 11 is 0. The lowest BCUT2D eigenvalue weighted by molar-refractivity contribution is 0.0876. The maximum atomic E-state index is 4.12. The molecule has 1 saturated heterocycles. The van der Waals surface area contributed by atoms with Crippen molar-refractivity contribution in [1.82, 2.24) is 20.1 Å². The first-order valence-corrected chi connectivity index (χ1v) is 7.71. The van der Waals surface area contributed by atoms with Gasteiger partial charge in [0.15, 0.2) is 0 Å². The highest BCUT2D eigenvalue weighted by Gasteiger charge is 2.29. The number of likely N-dealkylation sites (N-methyl/N-ethyl adjacent to an activating group) is 2. The third-order valence-corrected chi connectivity index (χ3v) is 4.23. The summed E-state index contributed by atoms with van der Waals surface area (Å²) in [6.45, 7) is 6.78. The van der Waals surface area contributed by atoms with E-state index in [1.165, 1.54) is 18.5 Å². The standard InChI is InChI=1S/C16H28N4/c1-4-7-18-15(12-14-5-8-17-9-6-14)16-13-19(2)10-11-20(16)3/h5-6,8-9,15-16,18H,4,7,10-13H2,1-3H3. The summed E-state index contributed by atoms with van der Waals surface area (Å²) in [6, 6.07) is 5.35. The van der Waals surface area contributed by atoms with E-state index in [-0.39, 0.29) is 0 Å². The largest absolute Gasteiger partial charge is 0.312 e. The van der Waals surface area contributed by atoms with E-state index < -0.39 is 0 Å². The van der Waals surface area contributed by atoms with E-state index in [9.17, 15) is 0 Å². The van der Waals surface area contributed by atoms with Crippen LogP contribution in [0.1, 0.15) is 18.9 Å². The minimum absolute atomic E-state index is 0.505. The lowest BCUT2D eigenvalue weighted by atomic mass is 9.97. The van der Waals surface area contributed by atoms with Crippen molar-refractivity contribution < 1.29 is 0 Å². The number of pyridine rings is 1. The van der Waals surface area contributed by atoms with Gasteiger partial charge in [-0.1, -0.05) is 6.92 Å². The number of nitrogens with one attached hydrogen (secondary N) is 1. The molecule has 0 aromatic carbocycles. The summed E-state index contributed by atoms with van der Waals surface area (Å²) in [4.78, 5) is 9.07. The summed E-state index contributed by atoms with van der Waals surface area (Å²) in [7, 11) is 4.48. The average molecular weight is 276 g/mol. The van der Waals surface area contributed by atoms with Gasteiger partial charge < -0.3 is 10.2 Å². The van der Waals surface area contributed by atoms with Crippen LogP contribution >= 0.6 is 0 Å². The van der Waals surface area contributed by atoms with Crippen LogP contribution in [0.25, 0.3) is 0 Å². The van der Waals surface area contributed by atoms with Gasteiger partial charge in [-0.15, -0.1) is 0 Å². The van der Waals surface area contributed by atoms with Gasteiger partial charge in [-0.25, -0.2) is 0 Å². The monoisotopic (exact) mass is 276 g/mol. The van der Waals surface area contributed by atoms with Gasteiger partial charge in [0.1, 0.15) is 0 Å². The zero-order valence-corrected chi connectivity index (χ0v) is 13.0. The molecule has 1 aliphatic heterocycles. The molecule has 2 heterocycles. The Morgan fingerprint density at radius 3 is 2.75 bits per heavy atom. The maximum Gasteiger partial charge on any atom is 0.0377 e. The Labute approximate surface area is 123 Å². The van der Waals surface area contributed by atoms with E-state index in [0.29, 0.717) is 12.1 Å². The van der Waals surface area contributed by atoms with Crippen LogP contribution in [0.5, 0.6) is 0 Å². The van der Waals surface area contributed by atoms with Crippen LogP contribution in [0.2, 0.25) is 0 Å². The minimum Gasteiger partial charge on any atom is -0.312 e. The number of aromatic nitrogens is 1. The van der Waals surface area contributed by atoms with Crippen LogP contribution in [-0.4, -0.2) is 67.1 Å². The summed E-state index contributed by atoms with van der Waals surface area (Å²) < 4.78 is 0. The van der Waals surface area contributed by atoms with Gasteiger partial charge in [0.05, 0.1) is 0 Å². The molecular weight excluding hydrogens is 248 g/mol. The van der Waals surface area contributed by atoms with Crippen molar-refractivity contribution in [2.75, 3.05) is 40.3 Å². The highest BCUT2D eigenvalue weighted by molar-refractivity contribution is 5.12. The van der Waals surface area contributed by atoms with Crippen LogP contribution in [0, 0.1) is 0 Å². The van der Waals surface area contributed by atoms with Crippen LogP contribution in [0.4, 0.5) is 0 Å². The van der Waals surface area contributed by atoms with E-state index in [2.05, 4.69) is 53.3 Å². The second kappa shape index (κ2) is 7.72. The van der Waals surface area contributed by atoms with Crippen molar-refractivity contribution in [1.29, 1.82) is 0 Å². The van der Waals surface area contributed by atoms with Gasteiger partial charge >= 0.3 is 0 Å². The second-order valence-electron chi connectivity index (χ2n) is 5.93. The lowest BCUT2D eigenvalue weighted by Gasteiger charge is -2.42. The second-order valence-corrected chi connectivity index (χ2v) is 5.93. The number of hydrogen-bond acceptors (Lipinski definition) is 4. The molecule has 1 aromatic rings. The molecule has 2 atom stereocenters. The zero-order chi connectivity index (χ0) is 14.4. The van der Waals surface area contributed by atoms with Crippen molar-refractivity contribution in [3.63, 3.8) is 0 Å². The van der Waals surface area contributed by atoms with Gasteiger partial charge in [-0.05, 0) is 51.2 Å². The Morgan fingerprint density at radius 2 is 2.05 bits per heavy atom. The molecule has 1 N–H and O–H groups in total. The number of nitrogens with zero attached hydrogens (tertiary/aromatic N) is 3. The fraction of sp³-hybridized carbons (Fsp3) is 0.688. The molecule has 1 aromatic heterocycles. The van der Waals surface area contributed by atoms with Gasteiger partial charge in [0.25, 0.3) is 0 Å². The zero-order valence-electron chi connectivity index (χ0n) is 13.0. The topological polar surface area (TPSA) is 31.4 Å². The number of rotatable bonds is 6. The van der Waals surface area contributed by atoms with Crippen LogP contribution in [-0.2, 0) is 6.42 Å². The molecule has 2 unspecified atom stereocenters. The van der Waals surface area contributed by atoms with E-state index >= 15 is 0 Å². The Hall–Kier alpha value is -0.970. The third-order valence-electron chi connectivity index (χ3n) is 4.23. The van der Waals surface area contributed by atoms with Crippen molar-refractivity contribution in [3.05, 3.63) is 30.1 Å². The highest BCUT2D eigenvalue weighted by Crippen LogP contribution is 2.14. The average Bonchev–Trinajstić information content (AvgIpc) is 2.47. The first-order chi connectivity index (χ1) is 9.70. The normalized spacial score (nSPS) is 22.9. The molecule has 4 heteroatoms. The molecular formula is C16H28N4. The first-order valence-electron chi connectivity index (χ1n) is 7.71. The fourth-order valence-corrected chi connectivity index (χ4v) is 2.93. The van der Waals surface area contributed by atoms with Crippen molar-refractivity contribution in [3.8, 4) is 0 Å². The molecule has 1 fully saturated rings. The summed E-state index contributed by atoms with van der Waals surface area (Å²) in [5, 5.41) is 3.75. The van der Waals surface area contributed by atoms with Gasteiger partial charge in [-0.2, -0.15) is 0 Å². The van der Waals surface area contributed by atoms with E-state index in [1.807, 2.05) is 12.4 Å². The van der Waals surface area contributed by atoms with Gasteiger partial charge in [0, 0.05) is 44.1 Å². The quantitative estimate of drug-likeness (QED) is 0.847. The molecule has 2 rings (SSSR count). The Bertz CT molecular complexity index is 381. The summed E-state index contributed by atoms with van der Waals surface area (Å²) in [6.07, 6.45) is 6.04. The number of piperazine rings is 1. The van der Waals surface area contributed by atoms with Crippen molar-refractivity contribution in [2.45, 2.75) is 31.8 Å². The molecule has 4 nitrogen and oxygen atoms in total. The predicted octanol–water partition coefficient (Wildman–Crippen LogP) is 1.24. The van der Waals surface area contributed by atoms with Crippen molar-refractivity contribution >= 4 is 0 Å². The van der Waals surface area contributed by atoms with Crippen molar-refractivity contribution in [2.24, 2.45) is 0 Å². The van der Waals surface area contributed by atoms with E-state index in [4.69, 9.17) is 0 Å². The SMILES string of the molecule is CCCNC(Cc1ccncc1)C1CN(C)CCN1C. The molecule has 0 amide bonds. The molecule has 0 bridgehead atoms. The predicted molar refractivity (Wildman–Crippen MR) is 83.9 cm³/mol. The molecule has 0 aliphatic carbocycles.